The van der Waals surface area contributed by atoms with Crippen LogP contribution in [0.2, 0.25) is 0 Å². The van der Waals surface area contributed by atoms with Crippen LogP contribution in [0.1, 0.15) is 16.7 Å². The van der Waals surface area contributed by atoms with Crippen molar-refractivity contribution in [2.24, 2.45) is 0 Å². The first kappa shape index (κ1) is 22.5. The molecule has 0 fully saturated rings. The summed E-state index contributed by atoms with van der Waals surface area (Å²) in [6.07, 6.45) is 3.79. The number of hydrogen-bond acceptors (Lipinski definition) is 7. The Kier molecular flexibility index (Phi) is 6.22. The van der Waals surface area contributed by atoms with Gasteiger partial charge in [-0.2, -0.15) is 0 Å². The van der Waals surface area contributed by atoms with Crippen LogP contribution in [0, 0.1) is 24.0 Å². The van der Waals surface area contributed by atoms with Crippen LogP contribution >= 0.6 is 0 Å². The number of esters is 1. The zero-order valence-corrected chi connectivity index (χ0v) is 18.3. The quantitative estimate of drug-likeness (QED) is 0.120. The summed E-state index contributed by atoms with van der Waals surface area (Å²) in [5, 5.41) is 11.1. The van der Waals surface area contributed by atoms with E-state index in [4.69, 9.17) is 13.9 Å². The van der Waals surface area contributed by atoms with Crippen LogP contribution in [0.5, 0.6) is 17.2 Å². The second-order valence-electron chi connectivity index (χ2n) is 7.56. The molecule has 8 nitrogen and oxygen atoms in total. The van der Waals surface area contributed by atoms with Crippen molar-refractivity contribution in [1.82, 2.24) is 0 Å². The molecule has 170 valence electrons. The van der Waals surface area contributed by atoms with Gasteiger partial charge in [0, 0.05) is 24.3 Å². The maximum Gasteiger partial charge on any atom is 0.336 e. The number of ether oxygens (including phenoxy) is 2. The number of nitro groups is 1. The van der Waals surface area contributed by atoms with Gasteiger partial charge in [-0.1, -0.05) is 24.3 Å². The summed E-state index contributed by atoms with van der Waals surface area (Å²) >= 11 is 0. The molecule has 8 heteroatoms. The Hall–Kier alpha value is -4.72. The summed E-state index contributed by atoms with van der Waals surface area (Å²) in [6, 6.07) is 15.9. The highest BCUT2D eigenvalue weighted by molar-refractivity contribution is 5.89. The Balaban J connectivity index is 1.51. The lowest BCUT2D eigenvalue weighted by Crippen LogP contribution is -2.07. The van der Waals surface area contributed by atoms with Crippen LogP contribution in [0.3, 0.4) is 0 Å². The zero-order chi connectivity index (χ0) is 24.2. The molecule has 4 rings (SSSR count). The molecular weight excluding hydrogens is 438 g/mol. The van der Waals surface area contributed by atoms with E-state index in [1.807, 2.05) is 32.0 Å². The lowest BCUT2D eigenvalue weighted by atomic mass is 10.1. The van der Waals surface area contributed by atoms with Crippen molar-refractivity contribution >= 4 is 28.7 Å². The maximum atomic E-state index is 12.8. The summed E-state index contributed by atoms with van der Waals surface area (Å²) in [5.41, 5.74) is 2.15. The molecule has 0 aliphatic rings. The predicted octanol–water partition coefficient (Wildman–Crippen LogP) is 5.73. The Morgan fingerprint density at radius 1 is 1.03 bits per heavy atom. The lowest BCUT2D eigenvalue weighted by molar-refractivity contribution is -0.384. The molecule has 3 aromatic carbocycles. The third-order valence-corrected chi connectivity index (χ3v) is 4.99. The van der Waals surface area contributed by atoms with Crippen LogP contribution in [0.15, 0.2) is 82.2 Å². The van der Waals surface area contributed by atoms with Crippen molar-refractivity contribution in [3.05, 3.63) is 110 Å². The average molecular weight is 457 g/mol. The van der Waals surface area contributed by atoms with E-state index >= 15 is 0 Å². The van der Waals surface area contributed by atoms with Gasteiger partial charge in [-0.05, 0) is 54.8 Å². The van der Waals surface area contributed by atoms with Crippen molar-refractivity contribution in [3.63, 3.8) is 0 Å². The number of rotatable bonds is 6. The van der Waals surface area contributed by atoms with Gasteiger partial charge in [0.15, 0.2) is 0 Å². The fourth-order valence-electron chi connectivity index (χ4n) is 3.22. The summed E-state index contributed by atoms with van der Waals surface area (Å²) < 4.78 is 16.6. The molecule has 0 bridgehead atoms. The van der Waals surface area contributed by atoms with E-state index < -0.39 is 10.9 Å². The first-order valence-corrected chi connectivity index (χ1v) is 10.3. The highest BCUT2D eigenvalue weighted by Gasteiger charge is 2.12. The molecule has 0 unspecified atom stereocenters. The SMILES string of the molecule is Cc1ccc(C)c(Oc2coc3cc(OC(=O)C=Cc4cccc([N+](=O)[O-])c4)ccc3c2=O)c1. The van der Waals surface area contributed by atoms with E-state index in [-0.39, 0.29) is 33.6 Å². The third-order valence-electron chi connectivity index (χ3n) is 4.99. The topological polar surface area (TPSA) is 109 Å². The zero-order valence-electron chi connectivity index (χ0n) is 18.3. The number of carbonyl (C=O) groups excluding carboxylic acids is 1. The van der Waals surface area contributed by atoms with Gasteiger partial charge in [-0.3, -0.25) is 14.9 Å². The molecule has 4 aromatic rings. The van der Waals surface area contributed by atoms with E-state index in [1.54, 1.807) is 6.07 Å². The van der Waals surface area contributed by atoms with Crippen LogP contribution in [-0.2, 0) is 4.79 Å². The molecule has 0 aliphatic heterocycles. The Morgan fingerprint density at radius 3 is 2.65 bits per heavy atom. The number of benzene rings is 3. The molecule has 0 saturated carbocycles. The molecule has 34 heavy (non-hydrogen) atoms. The maximum absolute atomic E-state index is 12.8. The molecule has 0 N–H and O–H groups in total. The number of nitrogens with zero attached hydrogens (tertiary/aromatic N) is 1. The first-order chi connectivity index (χ1) is 16.3. The minimum absolute atomic E-state index is 0.0471. The normalized spacial score (nSPS) is 11.0. The first-order valence-electron chi connectivity index (χ1n) is 10.3. The van der Waals surface area contributed by atoms with Gasteiger partial charge in [-0.15, -0.1) is 0 Å². The van der Waals surface area contributed by atoms with Gasteiger partial charge >= 0.3 is 5.97 Å². The van der Waals surface area contributed by atoms with Gasteiger partial charge < -0.3 is 13.9 Å². The van der Waals surface area contributed by atoms with E-state index in [9.17, 15) is 19.7 Å². The highest BCUT2D eigenvalue weighted by Crippen LogP contribution is 2.27. The second kappa shape index (κ2) is 9.41. The van der Waals surface area contributed by atoms with Crippen molar-refractivity contribution < 1.29 is 23.6 Å². The molecule has 0 atom stereocenters. The molecule has 1 aromatic heterocycles. The monoisotopic (exact) mass is 457 g/mol. The van der Waals surface area contributed by atoms with E-state index in [0.29, 0.717) is 11.3 Å². The van der Waals surface area contributed by atoms with Crippen molar-refractivity contribution in [2.75, 3.05) is 0 Å². The van der Waals surface area contributed by atoms with E-state index in [0.717, 1.165) is 17.2 Å². The van der Waals surface area contributed by atoms with Gasteiger partial charge in [0.05, 0.1) is 10.3 Å². The summed E-state index contributed by atoms with van der Waals surface area (Å²) in [6.45, 7) is 3.81. The van der Waals surface area contributed by atoms with Crippen LogP contribution in [-0.4, -0.2) is 10.9 Å². The van der Waals surface area contributed by atoms with E-state index in [2.05, 4.69) is 0 Å². The number of nitro benzene ring substituents is 1. The number of carbonyl (C=O) groups is 1. The second-order valence-corrected chi connectivity index (χ2v) is 7.56. The largest absolute Gasteiger partial charge is 0.460 e. The smallest absolute Gasteiger partial charge is 0.336 e. The Labute approximate surface area is 193 Å². The molecule has 1 heterocycles. The minimum atomic E-state index is -0.692. The van der Waals surface area contributed by atoms with Crippen LogP contribution < -0.4 is 14.9 Å². The highest BCUT2D eigenvalue weighted by atomic mass is 16.6. The third kappa shape index (κ3) is 5.02. The number of non-ortho nitro benzene ring substituents is 1. The summed E-state index contributed by atoms with van der Waals surface area (Å²) in [7, 11) is 0. The predicted molar refractivity (Wildman–Crippen MR) is 126 cm³/mol. The van der Waals surface area contributed by atoms with Crippen molar-refractivity contribution in [3.8, 4) is 17.2 Å². The van der Waals surface area contributed by atoms with Crippen molar-refractivity contribution in [1.29, 1.82) is 0 Å². The summed E-state index contributed by atoms with van der Waals surface area (Å²) in [5.74, 6) is 0.0918. The Bertz CT molecular complexity index is 1500. The van der Waals surface area contributed by atoms with E-state index in [1.165, 1.54) is 48.7 Å². The minimum Gasteiger partial charge on any atom is -0.460 e. The number of aryl methyl sites for hydroxylation is 2. The van der Waals surface area contributed by atoms with Gasteiger partial charge in [-0.25, -0.2) is 4.79 Å². The van der Waals surface area contributed by atoms with Crippen LogP contribution in [0.4, 0.5) is 5.69 Å². The summed E-state index contributed by atoms with van der Waals surface area (Å²) in [4.78, 5) is 35.4. The lowest BCUT2D eigenvalue weighted by Gasteiger charge is -2.09. The van der Waals surface area contributed by atoms with Crippen molar-refractivity contribution in [2.45, 2.75) is 13.8 Å². The average Bonchev–Trinajstić information content (AvgIpc) is 2.82. The Morgan fingerprint density at radius 2 is 1.85 bits per heavy atom. The molecule has 0 spiro atoms. The van der Waals surface area contributed by atoms with Crippen LogP contribution in [0.25, 0.3) is 17.0 Å². The van der Waals surface area contributed by atoms with Gasteiger partial charge in [0.1, 0.15) is 23.3 Å². The molecule has 0 amide bonds. The molecule has 0 aliphatic carbocycles. The van der Waals surface area contributed by atoms with Gasteiger partial charge in [0.25, 0.3) is 5.69 Å². The number of fused-ring (bicyclic) bond motifs is 1. The molecule has 0 radical (unpaired) electrons. The number of hydrogen-bond donors (Lipinski definition) is 0. The molecule has 0 saturated heterocycles. The van der Waals surface area contributed by atoms with Gasteiger partial charge in [0.2, 0.25) is 11.2 Å². The fraction of sp³-hybridized carbons (Fsp3) is 0.0769. The standard InChI is InChI=1S/C26H19NO7/c1-16-6-7-17(2)22(12-16)34-24-15-32-23-14-20(9-10-21(23)26(24)29)33-25(28)11-8-18-4-3-5-19(13-18)27(30)31/h3-15H,1-2H3. The molecular formula is C26H19NO7. The fourth-order valence-corrected chi connectivity index (χ4v) is 3.22.